The van der Waals surface area contributed by atoms with Crippen molar-refractivity contribution in [2.75, 3.05) is 0 Å². The molecule has 108 valence electrons. The van der Waals surface area contributed by atoms with E-state index in [1.165, 1.54) is 0 Å². The third kappa shape index (κ3) is 3.27. The Morgan fingerprint density at radius 3 is 2.65 bits per heavy atom. The number of aliphatic hydroxyl groups is 1. The minimum absolute atomic E-state index is 0.433. The molecular weight excluding hydrogens is 407 g/mol. The van der Waals surface area contributed by atoms with E-state index >= 15 is 0 Å². The summed E-state index contributed by atoms with van der Waals surface area (Å²) in [4.78, 5) is 0. The molecule has 0 amide bonds. The van der Waals surface area contributed by atoms with E-state index in [0.29, 0.717) is 11.4 Å². The first kappa shape index (κ1) is 16.0. The van der Waals surface area contributed by atoms with Gasteiger partial charge in [-0.15, -0.1) is 0 Å². The monoisotopic (exact) mass is 420 g/mol. The zero-order valence-electron chi connectivity index (χ0n) is 11.2. The molecular formula is C14H15Br2ClN2O. The number of nitrogens with zero attached hydrogens (tertiary/aromatic N) is 2. The van der Waals surface area contributed by atoms with E-state index in [4.69, 9.17) is 11.6 Å². The van der Waals surface area contributed by atoms with Crippen LogP contribution >= 0.6 is 43.5 Å². The highest BCUT2D eigenvalue weighted by atomic mass is 79.9. The van der Waals surface area contributed by atoms with Crippen LogP contribution in [0.4, 0.5) is 0 Å². The van der Waals surface area contributed by atoms with Crippen LogP contribution in [0.2, 0.25) is 5.02 Å². The maximum absolute atomic E-state index is 10.4. The molecule has 1 unspecified atom stereocenters. The lowest BCUT2D eigenvalue weighted by Crippen LogP contribution is -2.07. The maximum atomic E-state index is 10.4. The van der Waals surface area contributed by atoms with Crippen LogP contribution in [-0.2, 0) is 19.9 Å². The average Bonchev–Trinajstić information content (AvgIpc) is 2.66. The van der Waals surface area contributed by atoms with Crippen LogP contribution in [0.1, 0.15) is 30.0 Å². The highest BCUT2D eigenvalue weighted by molar-refractivity contribution is 9.11. The summed E-state index contributed by atoms with van der Waals surface area (Å²) in [5.41, 5.74) is 2.56. The molecule has 0 radical (unpaired) electrons. The molecule has 1 aromatic carbocycles. The van der Waals surface area contributed by atoms with E-state index in [-0.39, 0.29) is 0 Å². The first-order valence-corrected chi connectivity index (χ1v) is 8.23. The van der Waals surface area contributed by atoms with Gasteiger partial charge < -0.3 is 5.11 Å². The number of aromatic nitrogens is 2. The van der Waals surface area contributed by atoms with Crippen LogP contribution in [0.15, 0.2) is 27.1 Å². The predicted octanol–water partition coefficient (Wildman–Crippen LogP) is 4.44. The fourth-order valence-electron chi connectivity index (χ4n) is 2.11. The molecule has 6 heteroatoms. The molecule has 1 N–H and O–H groups in total. The third-order valence-corrected chi connectivity index (χ3v) is 4.83. The molecule has 2 aromatic rings. The van der Waals surface area contributed by atoms with Crippen LogP contribution < -0.4 is 0 Å². The highest BCUT2D eigenvalue weighted by Crippen LogP contribution is 2.31. The quantitative estimate of drug-likeness (QED) is 0.791. The number of hydrogen-bond donors (Lipinski definition) is 1. The Morgan fingerprint density at radius 1 is 1.40 bits per heavy atom. The zero-order valence-corrected chi connectivity index (χ0v) is 15.1. The van der Waals surface area contributed by atoms with Crippen LogP contribution in [0.5, 0.6) is 0 Å². The molecule has 0 bridgehead atoms. The van der Waals surface area contributed by atoms with Gasteiger partial charge in [0.1, 0.15) is 0 Å². The summed E-state index contributed by atoms with van der Waals surface area (Å²) >= 11 is 13.2. The molecule has 1 aromatic heterocycles. The van der Waals surface area contributed by atoms with E-state index in [1.807, 2.05) is 32.2 Å². The van der Waals surface area contributed by atoms with Crippen molar-refractivity contribution in [3.8, 4) is 0 Å². The molecule has 0 saturated carbocycles. The number of hydrogen-bond acceptors (Lipinski definition) is 2. The van der Waals surface area contributed by atoms with Crippen molar-refractivity contribution >= 4 is 43.5 Å². The van der Waals surface area contributed by atoms with E-state index in [2.05, 4.69) is 37.0 Å². The van der Waals surface area contributed by atoms with Gasteiger partial charge in [-0.05, 0) is 24.1 Å². The normalized spacial score (nSPS) is 12.7. The second kappa shape index (κ2) is 6.60. The maximum Gasteiger partial charge on any atom is 0.0856 e. The average molecular weight is 423 g/mol. The number of halogens is 3. The Bertz CT molecular complexity index is 628. The first-order chi connectivity index (χ1) is 9.43. The second-order valence-corrected chi connectivity index (χ2v) is 6.72. The second-order valence-electron chi connectivity index (χ2n) is 4.57. The van der Waals surface area contributed by atoms with E-state index in [9.17, 15) is 5.11 Å². The van der Waals surface area contributed by atoms with Gasteiger partial charge in [0.05, 0.1) is 22.5 Å². The van der Waals surface area contributed by atoms with Gasteiger partial charge in [0.25, 0.3) is 0 Å². The van der Waals surface area contributed by atoms with Gasteiger partial charge in [0.15, 0.2) is 0 Å². The minimum Gasteiger partial charge on any atom is -0.388 e. The van der Waals surface area contributed by atoms with Crippen molar-refractivity contribution in [2.45, 2.75) is 25.9 Å². The number of rotatable bonds is 4. The number of aliphatic hydroxyl groups excluding tert-OH is 1. The summed E-state index contributed by atoms with van der Waals surface area (Å²) in [6.45, 7) is 2.01. The standard InChI is InChI=1S/C14H15Br2ClN2O/c1-3-11-14(17)12(19(2)18-11)7-13(20)9-5-4-8(15)6-10(9)16/h4-6,13,20H,3,7H2,1-2H3. The Morgan fingerprint density at radius 2 is 2.10 bits per heavy atom. The van der Waals surface area contributed by atoms with Crippen LogP contribution in [-0.4, -0.2) is 14.9 Å². The smallest absolute Gasteiger partial charge is 0.0856 e. The fourth-order valence-corrected chi connectivity index (χ4v) is 3.79. The molecule has 20 heavy (non-hydrogen) atoms. The van der Waals surface area contributed by atoms with Crippen LogP contribution in [0, 0.1) is 0 Å². The SMILES string of the molecule is CCc1nn(C)c(CC(O)c2ccc(Br)cc2Br)c1Cl. The third-order valence-electron chi connectivity index (χ3n) is 3.21. The van der Waals surface area contributed by atoms with E-state index in [1.54, 1.807) is 4.68 Å². The molecule has 1 heterocycles. The molecule has 0 saturated heterocycles. The summed E-state index contributed by atoms with van der Waals surface area (Å²) in [6.07, 6.45) is 0.586. The van der Waals surface area contributed by atoms with Gasteiger partial charge in [0, 0.05) is 22.4 Å². The molecule has 0 aliphatic carbocycles. The largest absolute Gasteiger partial charge is 0.388 e. The Kier molecular flexibility index (Phi) is 5.29. The lowest BCUT2D eigenvalue weighted by Gasteiger charge is -2.13. The number of benzene rings is 1. The van der Waals surface area contributed by atoms with E-state index in [0.717, 1.165) is 32.3 Å². The van der Waals surface area contributed by atoms with Gasteiger partial charge in [-0.1, -0.05) is 56.5 Å². The van der Waals surface area contributed by atoms with Crippen molar-refractivity contribution in [1.29, 1.82) is 0 Å². The fraction of sp³-hybridized carbons (Fsp3) is 0.357. The summed E-state index contributed by atoms with van der Waals surface area (Å²) in [7, 11) is 1.85. The molecule has 1 atom stereocenters. The number of aryl methyl sites for hydroxylation is 2. The summed E-state index contributed by atoms with van der Waals surface area (Å²) in [5.74, 6) is 0. The van der Waals surface area contributed by atoms with Gasteiger partial charge >= 0.3 is 0 Å². The first-order valence-electron chi connectivity index (χ1n) is 6.27. The molecule has 3 nitrogen and oxygen atoms in total. The van der Waals surface area contributed by atoms with Crippen LogP contribution in [0.25, 0.3) is 0 Å². The summed E-state index contributed by atoms with van der Waals surface area (Å²) < 4.78 is 3.58. The summed E-state index contributed by atoms with van der Waals surface area (Å²) in [6, 6.07) is 5.72. The van der Waals surface area contributed by atoms with E-state index < -0.39 is 6.10 Å². The summed E-state index contributed by atoms with van der Waals surface area (Å²) in [5, 5.41) is 15.5. The molecule has 0 fully saturated rings. The van der Waals surface area contributed by atoms with Crippen molar-refractivity contribution < 1.29 is 5.11 Å². The van der Waals surface area contributed by atoms with Gasteiger partial charge in [-0.2, -0.15) is 5.10 Å². The van der Waals surface area contributed by atoms with Crippen molar-refractivity contribution in [2.24, 2.45) is 7.05 Å². The topological polar surface area (TPSA) is 38.0 Å². The Hall–Kier alpha value is -0.360. The van der Waals surface area contributed by atoms with Crippen LogP contribution in [0.3, 0.4) is 0 Å². The lowest BCUT2D eigenvalue weighted by atomic mass is 10.0. The zero-order chi connectivity index (χ0) is 14.9. The molecule has 0 spiro atoms. The molecule has 2 rings (SSSR count). The predicted molar refractivity (Wildman–Crippen MR) is 88.1 cm³/mol. The van der Waals surface area contributed by atoms with Crippen molar-refractivity contribution in [3.63, 3.8) is 0 Å². The van der Waals surface area contributed by atoms with Gasteiger partial charge in [-0.25, -0.2) is 0 Å². The van der Waals surface area contributed by atoms with Crippen molar-refractivity contribution in [1.82, 2.24) is 9.78 Å². The van der Waals surface area contributed by atoms with Crippen molar-refractivity contribution in [3.05, 3.63) is 49.1 Å². The lowest BCUT2D eigenvalue weighted by molar-refractivity contribution is 0.175. The highest BCUT2D eigenvalue weighted by Gasteiger charge is 2.19. The Balaban J connectivity index is 2.27. The van der Waals surface area contributed by atoms with Gasteiger partial charge in [0.2, 0.25) is 0 Å². The minimum atomic E-state index is -0.630. The van der Waals surface area contributed by atoms with Gasteiger partial charge in [-0.3, -0.25) is 4.68 Å². The Labute approximate surface area is 140 Å². The molecule has 0 aliphatic rings. The molecule has 0 aliphatic heterocycles.